The van der Waals surface area contributed by atoms with Crippen LogP contribution in [0, 0.1) is 11.3 Å². The molecule has 4 nitrogen and oxygen atoms in total. The van der Waals surface area contributed by atoms with Crippen LogP contribution in [0.3, 0.4) is 0 Å². The summed E-state index contributed by atoms with van der Waals surface area (Å²) in [6.45, 7) is 1.96. The molecule has 4 heteroatoms. The van der Waals surface area contributed by atoms with Gasteiger partial charge in [0.25, 0.3) is 0 Å². The minimum atomic E-state index is -0.593. The number of hydrogen-bond acceptors (Lipinski definition) is 3. The molecule has 0 aliphatic carbocycles. The molecular formula is C10H10N2O2. The Morgan fingerprint density at radius 2 is 2.57 bits per heavy atom. The average molecular weight is 190 g/mol. The number of nitriles is 1. The van der Waals surface area contributed by atoms with E-state index in [0.717, 1.165) is 0 Å². The van der Waals surface area contributed by atoms with Gasteiger partial charge in [0.1, 0.15) is 11.6 Å². The van der Waals surface area contributed by atoms with Gasteiger partial charge in [-0.2, -0.15) is 5.26 Å². The molecule has 1 N–H and O–H groups in total. The van der Waals surface area contributed by atoms with Gasteiger partial charge in [0.2, 0.25) is 0 Å². The van der Waals surface area contributed by atoms with Crippen molar-refractivity contribution in [3.8, 4) is 6.07 Å². The Kier molecular flexibility index (Phi) is 3.50. The normalized spacial score (nSPS) is 10.7. The monoisotopic (exact) mass is 190 g/mol. The maximum absolute atomic E-state index is 11.2. The van der Waals surface area contributed by atoms with Gasteiger partial charge in [-0.05, 0) is 25.1 Å². The molecule has 0 aromatic carbocycles. The molecule has 1 aromatic heterocycles. The zero-order valence-electron chi connectivity index (χ0n) is 7.78. The molecule has 1 rings (SSSR count). The minimum Gasteiger partial charge on any atom is -0.462 e. The average Bonchev–Trinajstić information content (AvgIpc) is 2.66. The highest BCUT2D eigenvalue weighted by atomic mass is 16.5. The molecule has 0 aliphatic rings. The van der Waals surface area contributed by atoms with Gasteiger partial charge in [-0.1, -0.05) is 0 Å². The number of aromatic nitrogens is 1. The summed E-state index contributed by atoms with van der Waals surface area (Å²) in [4.78, 5) is 14.0. The SMILES string of the molecule is CCOC(=O)C(C#N)=Cc1ccc[nH]1. The van der Waals surface area contributed by atoms with Gasteiger partial charge >= 0.3 is 5.97 Å². The van der Waals surface area contributed by atoms with Gasteiger partial charge in [0.05, 0.1) is 6.61 Å². The number of nitrogens with one attached hydrogen (secondary N) is 1. The third-order valence-corrected chi connectivity index (χ3v) is 1.54. The van der Waals surface area contributed by atoms with Crippen LogP contribution in [0.25, 0.3) is 6.08 Å². The number of nitrogens with zero attached hydrogens (tertiary/aromatic N) is 1. The Hall–Kier alpha value is -2.02. The lowest BCUT2D eigenvalue weighted by Crippen LogP contribution is -2.05. The molecular weight excluding hydrogens is 180 g/mol. The molecule has 0 spiro atoms. The zero-order chi connectivity index (χ0) is 10.4. The predicted octanol–water partition coefficient (Wildman–Crippen LogP) is 1.48. The number of carbonyl (C=O) groups is 1. The molecule has 0 radical (unpaired) electrons. The number of rotatable bonds is 3. The van der Waals surface area contributed by atoms with Gasteiger partial charge in [0, 0.05) is 11.9 Å². The van der Waals surface area contributed by atoms with E-state index >= 15 is 0 Å². The maximum Gasteiger partial charge on any atom is 0.348 e. The minimum absolute atomic E-state index is 0.00528. The van der Waals surface area contributed by atoms with Crippen molar-refractivity contribution in [1.29, 1.82) is 5.26 Å². The van der Waals surface area contributed by atoms with Crippen LogP contribution in [0.1, 0.15) is 12.6 Å². The molecule has 0 saturated carbocycles. The van der Waals surface area contributed by atoms with Crippen LogP contribution in [0.2, 0.25) is 0 Å². The molecule has 0 atom stereocenters. The van der Waals surface area contributed by atoms with Crippen molar-refractivity contribution in [1.82, 2.24) is 4.98 Å². The van der Waals surface area contributed by atoms with Crippen LogP contribution in [0.15, 0.2) is 23.9 Å². The summed E-state index contributed by atoms with van der Waals surface area (Å²) in [5.41, 5.74) is 0.698. The number of ether oxygens (including phenoxy) is 1. The van der Waals surface area contributed by atoms with Crippen LogP contribution >= 0.6 is 0 Å². The Labute approximate surface area is 81.8 Å². The van der Waals surface area contributed by atoms with E-state index in [1.807, 2.05) is 0 Å². The summed E-state index contributed by atoms with van der Waals surface area (Å²) in [6.07, 6.45) is 3.17. The lowest BCUT2D eigenvalue weighted by Gasteiger charge is -1.98. The second kappa shape index (κ2) is 4.87. The highest BCUT2D eigenvalue weighted by Gasteiger charge is 2.09. The first-order chi connectivity index (χ1) is 6.77. The molecule has 14 heavy (non-hydrogen) atoms. The van der Waals surface area contributed by atoms with Gasteiger partial charge in [-0.25, -0.2) is 4.79 Å². The van der Waals surface area contributed by atoms with E-state index in [2.05, 4.69) is 4.98 Å². The van der Waals surface area contributed by atoms with E-state index < -0.39 is 5.97 Å². The van der Waals surface area contributed by atoms with Gasteiger partial charge in [-0.15, -0.1) is 0 Å². The molecule has 0 unspecified atom stereocenters. The number of aromatic amines is 1. The van der Waals surface area contributed by atoms with Gasteiger partial charge in [-0.3, -0.25) is 0 Å². The summed E-state index contributed by atoms with van der Waals surface area (Å²) >= 11 is 0. The summed E-state index contributed by atoms with van der Waals surface area (Å²) in [6, 6.07) is 5.34. The van der Waals surface area contributed by atoms with Crippen LogP contribution in [-0.4, -0.2) is 17.6 Å². The second-order valence-corrected chi connectivity index (χ2v) is 2.52. The van der Waals surface area contributed by atoms with Crippen molar-refractivity contribution in [2.45, 2.75) is 6.92 Å². The fraction of sp³-hybridized carbons (Fsp3) is 0.200. The molecule has 0 aliphatic heterocycles. The van der Waals surface area contributed by atoms with Crippen molar-refractivity contribution >= 4 is 12.0 Å². The van der Waals surface area contributed by atoms with Gasteiger partial charge in [0.15, 0.2) is 0 Å². The van der Waals surface area contributed by atoms with Crippen molar-refractivity contribution in [2.24, 2.45) is 0 Å². The molecule has 1 heterocycles. The van der Waals surface area contributed by atoms with E-state index in [4.69, 9.17) is 10.00 Å². The topological polar surface area (TPSA) is 65.9 Å². The van der Waals surface area contributed by atoms with Crippen molar-refractivity contribution in [3.05, 3.63) is 29.6 Å². The van der Waals surface area contributed by atoms with Crippen LogP contribution in [0.4, 0.5) is 0 Å². The van der Waals surface area contributed by atoms with Crippen LogP contribution in [-0.2, 0) is 9.53 Å². The van der Waals surface area contributed by atoms with Crippen LogP contribution in [0.5, 0.6) is 0 Å². The van der Waals surface area contributed by atoms with Crippen LogP contribution < -0.4 is 0 Å². The Balaban J connectivity index is 2.83. The first kappa shape index (κ1) is 10.1. The Morgan fingerprint density at radius 1 is 1.79 bits per heavy atom. The molecule has 0 saturated heterocycles. The van der Waals surface area contributed by atoms with E-state index in [-0.39, 0.29) is 12.2 Å². The molecule has 0 bridgehead atoms. The fourth-order valence-electron chi connectivity index (χ4n) is 0.935. The third-order valence-electron chi connectivity index (χ3n) is 1.54. The first-order valence-corrected chi connectivity index (χ1v) is 4.20. The third kappa shape index (κ3) is 2.49. The van der Waals surface area contributed by atoms with Gasteiger partial charge < -0.3 is 9.72 Å². The first-order valence-electron chi connectivity index (χ1n) is 4.20. The smallest absolute Gasteiger partial charge is 0.348 e. The molecule has 0 amide bonds. The Morgan fingerprint density at radius 3 is 3.07 bits per heavy atom. The zero-order valence-corrected chi connectivity index (χ0v) is 7.78. The van der Waals surface area contributed by atoms with Crippen molar-refractivity contribution < 1.29 is 9.53 Å². The summed E-state index contributed by atoms with van der Waals surface area (Å²) in [5, 5.41) is 8.69. The lowest BCUT2D eigenvalue weighted by molar-refractivity contribution is -0.137. The highest BCUT2D eigenvalue weighted by molar-refractivity contribution is 5.97. The predicted molar refractivity (Wildman–Crippen MR) is 51.0 cm³/mol. The number of hydrogen-bond donors (Lipinski definition) is 1. The van der Waals surface area contributed by atoms with E-state index in [1.165, 1.54) is 6.08 Å². The molecule has 72 valence electrons. The second-order valence-electron chi connectivity index (χ2n) is 2.52. The lowest BCUT2D eigenvalue weighted by atomic mass is 10.2. The fourth-order valence-corrected chi connectivity index (χ4v) is 0.935. The number of carbonyl (C=O) groups excluding carboxylic acids is 1. The maximum atomic E-state index is 11.2. The van der Waals surface area contributed by atoms with Crippen molar-refractivity contribution in [2.75, 3.05) is 6.61 Å². The standard InChI is InChI=1S/C10H10N2O2/c1-2-14-10(13)8(7-11)6-9-4-3-5-12-9/h3-6,12H,2H2,1H3. The molecule has 1 aromatic rings. The van der Waals surface area contributed by atoms with E-state index in [0.29, 0.717) is 5.69 Å². The largest absolute Gasteiger partial charge is 0.462 e. The van der Waals surface area contributed by atoms with E-state index in [9.17, 15) is 4.79 Å². The molecule has 0 fully saturated rings. The highest BCUT2D eigenvalue weighted by Crippen LogP contribution is 2.05. The summed E-state index contributed by atoms with van der Waals surface area (Å²) in [7, 11) is 0. The van der Waals surface area contributed by atoms with Crippen molar-refractivity contribution in [3.63, 3.8) is 0 Å². The number of H-pyrrole nitrogens is 1. The summed E-state index contributed by atoms with van der Waals surface area (Å²) in [5.74, 6) is -0.593. The Bertz CT molecular complexity index is 371. The van der Waals surface area contributed by atoms with E-state index in [1.54, 1.807) is 31.3 Å². The quantitative estimate of drug-likeness (QED) is 0.446. The number of esters is 1. The summed E-state index contributed by atoms with van der Waals surface area (Å²) < 4.78 is 4.70.